The molecule has 1 unspecified atom stereocenters. The van der Waals surface area contributed by atoms with Crippen molar-refractivity contribution < 1.29 is 32.7 Å². The summed E-state index contributed by atoms with van der Waals surface area (Å²) in [6.07, 6.45) is -1.28. The van der Waals surface area contributed by atoms with E-state index in [1.165, 1.54) is 18.6 Å². The first-order valence-electron chi connectivity index (χ1n) is 10.1. The molecule has 3 N–H and O–H groups in total. The number of aliphatic hydroxyl groups excluding tert-OH is 1. The van der Waals surface area contributed by atoms with Crippen LogP contribution in [0.25, 0.3) is 17.6 Å². The first kappa shape index (κ1) is 22.6. The van der Waals surface area contributed by atoms with Crippen LogP contribution in [-0.4, -0.2) is 60.5 Å². The maximum absolute atomic E-state index is 13.3. The van der Waals surface area contributed by atoms with Crippen LogP contribution in [0.2, 0.25) is 0 Å². The number of allylic oxidation sites excluding steroid dienone is 1. The van der Waals surface area contributed by atoms with Gasteiger partial charge in [0.2, 0.25) is 11.8 Å². The Balaban J connectivity index is 1.68. The number of aromatic nitrogens is 4. The Bertz CT molecular complexity index is 1150. The molecule has 2 fully saturated rings. The molecule has 0 bridgehead atoms. The average molecular weight is 464 g/mol. The molecular formula is C20H19F3N6O4. The van der Waals surface area contributed by atoms with Crippen molar-refractivity contribution >= 4 is 23.8 Å². The van der Waals surface area contributed by atoms with Gasteiger partial charge in [-0.05, 0) is 25.0 Å². The highest BCUT2D eigenvalue weighted by molar-refractivity contribution is 6.19. The number of carbonyl (C=O) groups excluding carboxylic acids is 3. The highest BCUT2D eigenvalue weighted by atomic mass is 19.4. The summed E-state index contributed by atoms with van der Waals surface area (Å²) >= 11 is 0. The number of Topliss-reactive ketones (excluding diaryl/α,β-unsaturated/α-hetero) is 1. The number of β-amino-alcohol motifs (C(OH)–C–C–N with tert-alkyl or cyclic N) is 1. The summed E-state index contributed by atoms with van der Waals surface area (Å²) < 4.78 is 41.0. The minimum atomic E-state index is -4.64. The third kappa shape index (κ3) is 4.62. The first-order chi connectivity index (χ1) is 15.6. The molecule has 4 rings (SSSR count). The largest absolute Gasteiger partial charge is 0.433 e. The Morgan fingerprint density at radius 1 is 1.27 bits per heavy atom. The number of primary amides is 1. The van der Waals surface area contributed by atoms with Gasteiger partial charge in [-0.1, -0.05) is 0 Å². The van der Waals surface area contributed by atoms with E-state index in [9.17, 15) is 32.7 Å². The maximum Gasteiger partial charge on any atom is 0.433 e. The van der Waals surface area contributed by atoms with Gasteiger partial charge in [0, 0.05) is 30.1 Å². The van der Waals surface area contributed by atoms with Gasteiger partial charge >= 0.3 is 6.18 Å². The predicted molar refractivity (Wildman–Crippen MR) is 106 cm³/mol. The van der Waals surface area contributed by atoms with E-state index in [0.29, 0.717) is 5.69 Å². The number of halogens is 3. The van der Waals surface area contributed by atoms with Crippen molar-refractivity contribution in [3.8, 4) is 11.4 Å². The van der Waals surface area contributed by atoms with E-state index in [4.69, 9.17) is 5.73 Å². The van der Waals surface area contributed by atoms with Crippen molar-refractivity contribution in [2.24, 2.45) is 11.7 Å². The van der Waals surface area contributed by atoms with Crippen LogP contribution in [0, 0.1) is 5.92 Å². The van der Waals surface area contributed by atoms with Crippen molar-refractivity contribution in [3.05, 3.63) is 35.5 Å². The van der Waals surface area contributed by atoms with Crippen LogP contribution in [0.1, 0.15) is 36.6 Å². The number of aliphatic hydroxyl groups is 1. The van der Waals surface area contributed by atoms with Crippen LogP contribution in [0.15, 0.2) is 24.2 Å². The van der Waals surface area contributed by atoms with E-state index in [1.54, 1.807) is 0 Å². The number of carbonyl (C=O) groups is 3. The first-order valence-corrected chi connectivity index (χ1v) is 10.1. The van der Waals surface area contributed by atoms with E-state index in [0.717, 1.165) is 28.5 Å². The standard InChI is InChI=1S/C20H19F3N6O4/c21-20(22,23)15-6-11(5-13(26-15)10-1-2-10)18-25-9-28(27-18)8-14-17(32)12(7-16(24)31)19(33)29(14)3-4-30/h5-6,8-10,12,30H,1-4,7H2,(H2,24,31)/b14-8-. The Labute approximate surface area is 184 Å². The third-order valence-electron chi connectivity index (χ3n) is 5.31. The van der Waals surface area contributed by atoms with Crippen molar-refractivity contribution in [1.29, 1.82) is 0 Å². The lowest BCUT2D eigenvalue weighted by Gasteiger charge is -2.15. The molecule has 33 heavy (non-hydrogen) atoms. The molecule has 13 heteroatoms. The van der Waals surface area contributed by atoms with Gasteiger partial charge in [-0.3, -0.25) is 14.4 Å². The molecule has 3 heterocycles. The Hall–Kier alpha value is -3.61. The fourth-order valence-corrected chi connectivity index (χ4v) is 3.58. The third-order valence-corrected chi connectivity index (χ3v) is 5.31. The van der Waals surface area contributed by atoms with Gasteiger partial charge in [0.1, 0.15) is 23.6 Å². The number of rotatable bonds is 7. The molecule has 1 atom stereocenters. The highest BCUT2D eigenvalue weighted by Crippen LogP contribution is 2.41. The summed E-state index contributed by atoms with van der Waals surface area (Å²) in [7, 11) is 0. The van der Waals surface area contributed by atoms with E-state index >= 15 is 0 Å². The summed E-state index contributed by atoms with van der Waals surface area (Å²) in [6, 6.07) is 2.36. The highest BCUT2D eigenvalue weighted by Gasteiger charge is 2.44. The minimum absolute atomic E-state index is 0.0270. The summed E-state index contributed by atoms with van der Waals surface area (Å²) in [5, 5.41) is 13.4. The SMILES string of the molecule is NC(=O)CC1C(=O)/C(=C/n2cnc(-c3cc(C4CC4)nc(C(F)(F)F)c3)n2)N(CCO)C1=O. The average Bonchev–Trinajstić information content (AvgIpc) is 3.46. The number of alkyl halides is 3. The van der Waals surface area contributed by atoms with Crippen LogP contribution in [0.3, 0.4) is 0 Å². The van der Waals surface area contributed by atoms with Crippen LogP contribution in [0.4, 0.5) is 13.2 Å². The van der Waals surface area contributed by atoms with Gasteiger partial charge in [0.05, 0.1) is 12.8 Å². The number of hydrogen-bond donors (Lipinski definition) is 2. The van der Waals surface area contributed by atoms with Gasteiger partial charge in [-0.2, -0.15) is 13.2 Å². The molecule has 1 saturated heterocycles. The van der Waals surface area contributed by atoms with E-state index in [-0.39, 0.29) is 29.5 Å². The number of nitrogens with zero attached hydrogens (tertiary/aromatic N) is 5. The number of amides is 2. The molecule has 2 amide bonds. The number of nitrogens with two attached hydrogens (primary N) is 1. The smallest absolute Gasteiger partial charge is 0.395 e. The van der Waals surface area contributed by atoms with Crippen LogP contribution < -0.4 is 5.73 Å². The zero-order valence-corrected chi connectivity index (χ0v) is 17.1. The molecule has 2 aliphatic rings. The van der Waals surface area contributed by atoms with Crippen molar-refractivity contribution in [2.45, 2.75) is 31.4 Å². The monoisotopic (exact) mass is 464 g/mol. The fraction of sp³-hybridized carbons (Fsp3) is 0.400. The summed E-state index contributed by atoms with van der Waals surface area (Å²) in [5.41, 5.74) is 4.37. The van der Waals surface area contributed by atoms with Crippen LogP contribution in [-0.2, 0) is 20.6 Å². The van der Waals surface area contributed by atoms with E-state index < -0.39 is 48.4 Å². The lowest BCUT2D eigenvalue weighted by Crippen LogP contribution is -2.31. The second-order valence-corrected chi connectivity index (χ2v) is 7.80. The molecular weight excluding hydrogens is 445 g/mol. The Kier molecular flexibility index (Phi) is 5.74. The second-order valence-electron chi connectivity index (χ2n) is 7.80. The normalized spacial score (nSPS) is 20.2. The summed E-state index contributed by atoms with van der Waals surface area (Å²) in [5.74, 6) is -3.56. The lowest BCUT2D eigenvalue weighted by atomic mass is 10.0. The van der Waals surface area contributed by atoms with Crippen LogP contribution in [0.5, 0.6) is 0 Å². The zero-order valence-electron chi connectivity index (χ0n) is 17.1. The molecule has 10 nitrogen and oxygen atoms in total. The van der Waals surface area contributed by atoms with Gasteiger partial charge in [0.25, 0.3) is 0 Å². The van der Waals surface area contributed by atoms with Crippen molar-refractivity contribution in [3.63, 3.8) is 0 Å². The fourth-order valence-electron chi connectivity index (χ4n) is 3.58. The van der Waals surface area contributed by atoms with Crippen LogP contribution >= 0.6 is 0 Å². The molecule has 2 aromatic rings. The number of likely N-dealkylation sites (tertiary alicyclic amines) is 1. The molecule has 174 valence electrons. The molecule has 0 radical (unpaired) electrons. The topological polar surface area (TPSA) is 144 Å². The number of ketones is 1. The molecule has 0 spiro atoms. The van der Waals surface area contributed by atoms with Crippen molar-refractivity contribution in [1.82, 2.24) is 24.6 Å². The van der Waals surface area contributed by atoms with Gasteiger partial charge in [-0.25, -0.2) is 14.6 Å². The molecule has 0 aromatic carbocycles. The zero-order chi connectivity index (χ0) is 23.9. The molecule has 1 aliphatic heterocycles. The quantitative estimate of drug-likeness (QED) is 0.458. The predicted octanol–water partition coefficient (Wildman–Crippen LogP) is 0.930. The molecule has 1 saturated carbocycles. The molecule has 1 aliphatic carbocycles. The van der Waals surface area contributed by atoms with E-state index in [1.807, 2.05) is 0 Å². The molecule has 2 aromatic heterocycles. The number of hydrogen-bond acceptors (Lipinski definition) is 7. The summed E-state index contributed by atoms with van der Waals surface area (Å²) in [4.78, 5) is 45.2. The minimum Gasteiger partial charge on any atom is -0.395 e. The van der Waals surface area contributed by atoms with Crippen molar-refractivity contribution in [2.75, 3.05) is 13.2 Å². The van der Waals surface area contributed by atoms with E-state index in [2.05, 4.69) is 15.1 Å². The van der Waals surface area contributed by atoms with Gasteiger partial charge in [0.15, 0.2) is 11.6 Å². The Morgan fingerprint density at radius 2 is 2.00 bits per heavy atom. The van der Waals surface area contributed by atoms with Gasteiger partial charge in [-0.15, -0.1) is 5.10 Å². The second kappa shape index (κ2) is 8.39. The maximum atomic E-state index is 13.3. The Morgan fingerprint density at radius 3 is 2.61 bits per heavy atom. The summed E-state index contributed by atoms with van der Waals surface area (Å²) in [6.45, 7) is -0.638. The van der Waals surface area contributed by atoms with Gasteiger partial charge < -0.3 is 15.7 Å². The lowest BCUT2D eigenvalue weighted by molar-refractivity contribution is -0.141. The number of pyridine rings is 1.